The minimum Gasteiger partial charge on any atom is -0.497 e. The number of aromatic amines is 1. The van der Waals surface area contributed by atoms with Gasteiger partial charge < -0.3 is 14.1 Å². The summed E-state index contributed by atoms with van der Waals surface area (Å²) in [6, 6.07) is 25.6. The third kappa shape index (κ3) is 5.37. The SMILES string of the molecule is COc1ccc(N=C2S/C(=C\c3ccc(-c4ccc(C)cc4Br)o3)C(=O)N2CCc2c[nH]c3ccccc23)cc1. The Labute approximate surface area is 244 Å². The molecule has 0 saturated carbocycles. The highest BCUT2D eigenvalue weighted by Gasteiger charge is 2.33. The van der Waals surface area contributed by atoms with Crippen molar-refractivity contribution in [1.82, 2.24) is 9.88 Å². The van der Waals surface area contributed by atoms with Crippen LogP contribution in [0.1, 0.15) is 16.9 Å². The minimum atomic E-state index is -0.0911. The molecule has 0 atom stereocenters. The maximum Gasteiger partial charge on any atom is 0.266 e. The van der Waals surface area contributed by atoms with Gasteiger partial charge in [-0.3, -0.25) is 9.69 Å². The van der Waals surface area contributed by atoms with Crippen LogP contribution >= 0.6 is 27.7 Å². The van der Waals surface area contributed by atoms with Crippen molar-refractivity contribution in [3.05, 3.63) is 111 Å². The van der Waals surface area contributed by atoms with E-state index in [2.05, 4.69) is 39.1 Å². The quantitative estimate of drug-likeness (QED) is 0.188. The summed E-state index contributed by atoms with van der Waals surface area (Å²) in [6.07, 6.45) is 4.51. The number of methoxy groups -OCH3 is 1. The molecule has 6 rings (SSSR count). The molecule has 0 bridgehead atoms. The zero-order valence-electron chi connectivity index (χ0n) is 22.0. The Bertz CT molecular complexity index is 1770. The fourth-order valence-electron chi connectivity index (χ4n) is 4.65. The number of thioether (sulfide) groups is 1. The number of aryl methyl sites for hydroxylation is 1. The summed E-state index contributed by atoms with van der Waals surface area (Å²) in [5, 5.41) is 1.80. The first kappa shape index (κ1) is 26.2. The number of hydrogen-bond donors (Lipinski definition) is 1. The molecule has 3 aromatic carbocycles. The van der Waals surface area contributed by atoms with Crippen LogP contribution < -0.4 is 4.74 Å². The van der Waals surface area contributed by atoms with Gasteiger partial charge in [-0.25, -0.2) is 4.99 Å². The Hall–Kier alpha value is -4.01. The minimum absolute atomic E-state index is 0.0911. The number of amides is 1. The molecule has 6 nitrogen and oxygen atoms in total. The van der Waals surface area contributed by atoms with Crippen molar-refractivity contribution in [2.45, 2.75) is 13.3 Å². The smallest absolute Gasteiger partial charge is 0.266 e. The number of para-hydroxylation sites is 1. The molecular formula is C32H26BrN3O3S. The summed E-state index contributed by atoms with van der Waals surface area (Å²) < 4.78 is 12.4. The number of carbonyl (C=O) groups is 1. The van der Waals surface area contributed by atoms with Crippen molar-refractivity contribution in [1.29, 1.82) is 0 Å². The summed E-state index contributed by atoms with van der Waals surface area (Å²) in [5.74, 6) is 2.01. The van der Waals surface area contributed by atoms with Gasteiger partial charge in [-0.05, 0) is 90.8 Å². The molecular weight excluding hydrogens is 586 g/mol. The summed E-state index contributed by atoms with van der Waals surface area (Å²) in [7, 11) is 1.63. The topological polar surface area (TPSA) is 70.8 Å². The van der Waals surface area contributed by atoms with Crippen LogP contribution in [0.15, 0.2) is 104 Å². The molecule has 8 heteroatoms. The van der Waals surface area contributed by atoms with Gasteiger partial charge in [0.1, 0.15) is 17.3 Å². The number of aliphatic imine (C=N–C) groups is 1. The molecule has 1 aliphatic rings. The molecule has 0 spiro atoms. The zero-order chi connectivity index (χ0) is 27.6. The molecule has 1 aliphatic heterocycles. The molecule has 1 fully saturated rings. The van der Waals surface area contributed by atoms with Crippen LogP contribution in [0.4, 0.5) is 5.69 Å². The Kier molecular flexibility index (Phi) is 7.36. The van der Waals surface area contributed by atoms with Crippen LogP contribution in [0.5, 0.6) is 5.75 Å². The molecule has 200 valence electrons. The van der Waals surface area contributed by atoms with Crippen molar-refractivity contribution >= 4 is 61.4 Å². The molecule has 1 saturated heterocycles. The summed E-state index contributed by atoms with van der Waals surface area (Å²) in [4.78, 5) is 24.2. The number of furan rings is 1. The van der Waals surface area contributed by atoms with E-state index in [9.17, 15) is 4.79 Å². The number of carbonyl (C=O) groups excluding carboxylic acids is 1. The number of nitrogens with zero attached hydrogens (tertiary/aromatic N) is 2. The maximum atomic E-state index is 13.7. The van der Waals surface area contributed by atoms with Crippen molar-refractivity contribution < 1.29 is 13.9 Å². The normalized spacial score (nSPS) is 15.6. The molecule has 2 aromatic heterocycles. The monoisotopic (exact) mass is 611 g/mol. The largest absolute Gasteiger partial charge is 0.497 e. The first-order valence-electron chi connectivity index (χ1n) is 12.8. The number of fused-ring (bicyclic) bond motifs is 1. The highest BCUT2D eigenvalue weighted by molar-refractivity contribution is 9.10. The number of hydrogen-bond acceptors (Lipinski definition) is 5. The van der Waals surface area contributed by atoms with E-state index >= 15 is 0 Å². The predicted octanol–water partition coefficient (Wildman–Crippen LogP) is 8.35. The average Bonchev–Trinajstić information content (AvgIpc) is 3.66. The van der Waals surface area contributed by atoms with E-state index < -0.39 is 0 Å². The summed E-state index contributed by atoms with van der Waals surface area (Å²) in [6.45, 7) is 2.55. The number of halogens is 1. The Morgan fingerprint density at radius 1 is 1.07 bits per heavy atom. The summed E-state index contributed by atoms with van der Waals surface area (Å²) >= 11 is 4.99. The summed E-state index contributed by atoms with van der Waals surface area (Å²) in [5.41, 5.74) is 5.12. The number of benzene rings is 3. The second kappa shape index (κ2) is 11.2. The standard InChI is InChI=1S/C32H26BrN3O3S/c1-20-7-13-26(27(33)17-20)29-14-12-24(39-29)18-30-31(37)36(16-15-21-19-34-28-6-4-3-5-25(21)28)32(40-30)35-22-8-10-23(38-2)11-9-22/h3-14,17-19,34H,15-16H2,1-2H3/b30-18-,35-32?. The van der Waals surface area contributed by atoms with E-state index in [0.717, 1.165) is 49.3 Å². The van der Waals surface area contributed by atoms with Gasteiger partial charge in [0.25, 0.3) is 5.91 Å². The van der Waals surface area contributed by atoms with Gasteiger partial charge >= 0.3 is 0 Å². The van der Waals surface area contributed by atoms with Crippen LogP contribution in [-0.4, -0.2) is 34.6 Å². The zero-order valence-corrected chi connectivity index (χ0v) is 24.4. The number of H-pyrrole nitrogens is 1. The van der Waals surface area contributed by atoms with Crippen LogP contribution in [0.2, 0.25) is 0 Å². The van der Waals surface area contributed by atoms with Crippen LogP contribution in [-0.2, 0) is 11.2 Å². The highest BCUT2D eigenvalue weighted by atomic mass is 79.9. The predicted molar refractivity (Wildman–Crippen MR) is 166 cm³/mol. The molecule has 0 unspecified atom stereocenters. The number of rotatable bonds is 7. The van der Waals surface area contributed by atoms with Gasteiger partial charge in [0.15, 0.2) is 5.17 Å². The fraction of sp³-hybridized carbons (Fsp3) is 0.125. The van der Waals surface area contributed by atoms with Gasteiger partial charge in [-0.15, -0.1) is 0 Å². The number of nitrogens with one attached hydrogen (secondary N) is 1. The second-order valence-electron chi connectivity index (χ2n) is 9.45. The first-order valence-corrected chi connectivity index (χ1v) is 14.4. The van der Waals surface area contributed by atoms with Gasteiger partial charge in [0.05, 0.1) is 17.7 Å². The first-order chi connectivity index (χ1) is 19.5. The van der Waals surface area contributed by atoms with E-state index in [4.69, 9.17) is 14.1 Å². The fourth-order valence-corrected chi connectivity index (χ4v) is 6.34. The lowest BCUT2D eigenvalue weighted by molar-refractivity contribution is -0.122. The average molecular weight is 613 g/mol. The molecule has 5 aromatic rings. The lowest BCUT2D eigenvalue weighted by Crippen LogP contribution is -2.31. The van der Waals surface area contributed by atoms with Gasteiger partial charge in [0.2, 0.25) is 0 Å². The van der Waals surface area contributed by atoms with E-state index in [-0.39, 0.29) is 5.91 Å². The van der Waals surface area contributed by atoms with Crippen molar-refractivity contribution in [2.24, 2.45) is 4.99 Å². The second-order valence-corrected chi connectivity index (χ2v) is 11.3. The molecule has 40 heavy (non-hydrogen) atoms. The maximum absolute atomic E-state index is 13.7. The third-order valence-electron chi connectivity index (χ3n) is 6.76. The molecule has 1 N–H and O–H groups in total. The lowest BCUT2D eigenvalue weighted by atomic mass is 10.1. The Morgan fingerprint density at radius 2 is 1.90 bits per heavy atom. The Morgan fingerprint density at radius 3 is 2.70 bits per heavy atom. The van der Waals surface area contributed by atoms with E-state index in [1.54, 1.807) is 18.1 Å². The molecule has 0 aliphatic carbocycles. The van der Waals surface area contributed by atoms with Crippen molar-refractivity contribution in [2.75, 3.05) is 13.7 Å². The molecule has 3 heterocycles. The van der Waals surface area contributed by atoms with Crippen LogP contribution in [0, 0.1) is 6.92 Å². The molecule has 1 amide bonds. The van der Waals surface area contributed by atoms with Crippen LogP contribution in [0.3, 0.4) is 0 Å². The van der Waals surface area contributed by atoms with Crippen molar-refractivity contribution in [3.63, 3.8) is 0 Å². The van der Waals surface area contributed by atoms with Gasteiger partial charge in [-0.2, -0.15) is 0 Å². The number of aromatic nitrogens is 1. The lowest BCUT2D eigenvalue weighted by Gasteiger charge is -2.15. The van der Waals surface area contributed by atoms with E-state index in [1.807, 2.05) is 73.8 Å². The Balaban J connectivity index is 1.30. The van der Waals surface area contributed by atoms with Crippen molar-refractivity contribution in [3.8, 4) is 17.1 Å². The van der Waals surface area contributed by atoms with Gasteiger partial charge in [0, 0.05) is 39.8 Å². The molecule has 0 radical (unpaired) electrons. The number of ether oxygens (including phenoxy) is 1. The van der Waals surface area contributed by atoms with Crippen LogP contribution in [0.25, 0.3) is 28.3 Å². The van der Waals surface area contributed by atoms with Gasteiger partial charge in [-0.1, -0.05) is 40.2 Å². The third-order valence-corrected chi connectivity index (χ3v) is 8.42. The highest BCUT2D eigenvalue weighted by Crippen LogP contribution is 2.36. The van der Waals surface area contributed by atoms with E-state index in [0.29, 0.717) is 28.8 Å². The number of amidine groups is 1. The van der Waals surface area contributed by atoms with E-state index in [1.165, 1.54) is 11.8 Å².